The van der Waals surface area contributed by atoms with Crippen LogP contribution in [0, 0.1) is 0 Å². The van der Waals surface area contributed by atoms with Crippen molar-refractivity contribution in [1.29, 1.82) is 0 Å². The van der Waals surface area contributed by atoms with Crippen molar-refractivity contribution in [3.05, 3.63) is 50.8 Å². The minimum Gasteiger partial charge on any atom is -0.466 e. The van der Waals surface area contributed by atoms with Gasteiger partial charge in [-0.1, -0.05) is 0 Å². The third kappa shape index (κ3) is 3.16. The zero-order chi connectivity index (χ0) is 15.4. The van der Waals surface area contributed by atoms with Gasteiger partial charge in [0.1, 0.15) is 5.56 Å². The maximum absolute atomic E-state index is 12.1. The van der Waals surface area contributed by atoms with Gasteiger partial charge in [0.2, 0.25) is 6.10 Å². The molecule has 1 unspecified atom stereocenters. The molecule has 2 aromatic rings. The molecule has 2 rings (SSSR count). The van der Waals surface area contributed by atoms with Crippen LogP contribution >= 0.6 is 11.3 Å². The summed E-state index contributed by atoms with van der Waals surface area (Å²) < 4.78 is 10.9. The molecule has 1 atom stereocenters. The highest BCUT2D eigenvalue weighted by Gasteiger charge is 2.28. The van der Waals surface area contributed by atoms with Crippen molar-refractivity contribution in [1.82, 2.24) is 9.55 Å². The standard InChI is InChI=1S/C13H12N2O5S/c1-15-7-14-5-9(11(15)16)12(17)20-10(13(18)19-2)8-3-4-21-6-8/h3-7,10H,1-2H3. The number of nitrogens with zero attached hydrogens (tertiary/aromatic N) is 2. The maximum Gasteiger partial charge on any atom is 0.352 e. The summed E-state index contributed by atoms with van der Waals surface area (Å²) in [5.41, 5.74) is -0.311. The summed E-state index contributed by atoms with van der Waals surface area (Å²) in [6.45, 7) is 0. The minimum atomic E-state index is -1.21. The van der Waals surface area contributed by atoms with E-state index < -0.39 is 23.6 Å². The molecule has 0 amide bonds. The SMILES string of the molecule is COC(=O)C(OC(=O)c1cncn(C)c1=O)c1ccsc1. The lowest BCUT2D eigenvalue weighted by molar-refractivity contribution is -0.151. The summed E-state index contributed by atoms with van der Waals surface area (Å²) in [6.07, 6.45) is 1.17. The van der Waals surface area contributed by atoms with E-state index in [2.05, 4.69) is 9.72 Å². The van der Waals surface area contributed by atoms with Crippen molar-refractivity contribution in [3.8, 4) is 0 Å². The van der Waals surface area contributed by atoms with Crippen LogP contribution in [0.15, 0.2) is 34.1 Å². The van der Waals surface area contributed by atoms with Crippen LogP contribution in [0.3, 0.4) is 0 Å². The van der Waals surface area contributed by atoms with Gasteiger partial charge in [-0.3, -0.25) is 4.79 Å². The summed E-state index contributed by atoms with van der Waals surface area (Å²) in [5.74, 6) is -1.65. The van der Waals surface area contributed by atoms with E-state index in [0.29, 0.717) is 5.56 Å². The lowest BCUT2D eigenvalue weighted by Gasteiger charge is -2.14. The third-order valence-corrected chi connectivity index (χ3v) is 3.40. The van der Waals surface area contributed by atoms with Crippen molar-refractivity contribution in [2.75, 3.05) is 7.11 Å². The molecule has 0 bridgehead atoms. The monoisotopic (exact) mass is 308 g/mol. The summed E-state index contributed by atoms with van der Waals surface area (Å²) in [7, 11) is 2.65. The van der Waals surface area contributed by atoms with E-state index in [4.69, 9.17) is 4.74 Å². The highest BCUT2D eigenvalue weighted by atomic mass is 32.1. The molecule has 0 aliphatic rings. The van der Waals surface area contributed by atoms with Gasteiger partial charge in [-0.15, -0.1) is 0 Å². The summed E-state index contributed by atoms with van der Waals surface area (Å²) in [5, 5.41) is 3.40. The summed E-state index contributed by atoms with van der Waals surface area (Å²) >= 11 is 1.35. The number of rotatable bonds is 4. The number of hydrogen-bond donors (Lipinski definition) is 0. The highest BCUT2D eigenvalue weighted by Crippen LogP contribution is 2.22. The van der Waals surface area contributed by atoms with Crippen LogP contribution in [0.4, 0.5) is 0 Å². The molecular formula is C13H12N2O5S. The second kappa shape index (κ2) is 6.31. The number of carbonyl (C=O) groups excluding carboxylic acids is 2. The van der Waals surface area contributed by atoms with Crippen LogP contribution < -0.4 is 5.56 Å². The van der Waals surface area contributed by atoms with Crippen molar-refractivity contribution in [3.63, 3.8) is 0 Å². The number of carbonyl (C=O) groups is 2. The van der Waals surface area contributed by atoms with Gasteiger partial charge >= 0.3 is 11.9 Å². The summed E-state index contributed by atoms with van der Waals surface area (Å²) in [4.78, 5) is 39.4. The molecule has 0 saturated carbocycles. The van der Waals surface area contributed by atoms with E-state index in [1.165, 1.54) is 31.8 Å². The van der Waals surface area contributed by atoms with E-state index >= 15 is 0 Å². The molecule has 21 heavy (non-hydrogen) atoms. The van der Waals surface area contributed by atoms with Crippen LogP contribution in [0.2, 0.25) is 0 Å². The molecular weight excluding hydrogens is 296 g/mol. The second-order valence-electron chi connectivity index (χ2n) is 4.09. The predicted octanol–water partition coefficient (Wildman–Crippen LogP) is 0.913. The topological polar surface area (TPSA) is 87.5 Å². The van der Waals surface area contributed by atoms with E-state index in [9.17, 15) is 14.4 Å². The molecule has 2 aromatic heterocycles. The Labute approximate surface area is 123 Å². The van der Waals surface area contributed by atoms with E-state index in [0.717, 1.165) is 10.8 Å². The smallest absolute Gasteiger partial charge is 0.352 e. The Morgan fingerprint density at radius 1 is 1.43 bits per heavy atom. The first-order valence-corrected chi connectivity index (χ1v) is 6.80. The van der Waals surface area contributed by atoms with Gasteiger partial charge in [-0.05, 0) is 16.8 Å². The molecule has 0 spiro atoms. The fourth-order valence-electron chi connectivity index (χ4n) is 1.60. The van der Waals surface area contributed by atoms with Gasteiger partial charge in [-0.25, -0.2) is 14.6 Å². The molecule has 0 saturated heterocycles. The van der Waals surface area contributed by atoms with Crippen LogP contribution in [0.1, 0.15) is 22.0 Å². The second-order valence-corrected chi connectivity index (χ2v) is 4.87. The molecule has 0 aliphatic carbocycles. The highest BCUT2D eigenvalue weighted by molar-refractivity contribution is 7.08. The Kier molecular flexibility index (Phi) is 4.49. The fraction of sp³-hybridized carbons (Fsp3) is 0.231. The van der Waals surface area contributed by atoms with E-state index in [1.807, 2.05) is 0 Å². The minimum absolute atomic E-state index is 0.246. The van der Waals surface area contributed by atoms with Crippen LogP contribution in [-0.2, 0) is 21.3 Å². The molecule has 0 aliphatic heterocycles. The zero-order valence-corrected chi connectivity index (χ0v) is 12.1. The zero-order valence-electron chi connectivity index (χ0n) is 11.3. The Bertz CT molecular complexity index is 708. The van der Waals surface area contributed by atoms with Crippen LogP contribution in [0.5, 0.6) is 0 Å². The van der Waals surface area contributed by atoms with Crippen LogP contribution in [0.25, 0.3) is 0 Å². The predicted molar refractivity (Wildman–Crippen MR) is 74.0 cm³/mol. The van der Waals surface area contributed by atoms with Crippen molar-refractivity contribution in [2.45, 2.75) is 6.10 Å². The average molecular weight is 308 g/mol. The van der Waals surface area contributed by atoms with Gasteiger partial charge in [0, 0.05) is 18.8 Å². The molecule has 0 fully saturated rings. The number of methoxy groups -OCH3 is 1. The molecule has 2 heterocycles. The lowest BCUT2D eigenvalue weighted by atomic mass is 10.2. The van der Waals surface area contributed by atoms with Crippen molar-refractivity contribution >= 4 is 23.3 Å². The lowest BCUT2D eigenvalue weighted by Crippen LogP contribution is -2.28. The van der Waals surface area contributed by atoms with Gasteiger partial charge < -0.3 is 14.0 Å². The normalized spacial score (nSPS) is 11.7. The Morgan fingerprint density at radius 3 is 2.81 bits per heavy atom. The number of esters is 2. The molecule has 7 nitrogen and oxygen atoms in total. The van der Waals surface area contributed by atoms with Crippen molar-refractivity contribution in [2.24, 2.45) is 7.05 Å². The molecule has 8 heteroatoms. The number of aromatic nitrogens is 2. The van der Waals surface area contributed by atoms with Gasteiger partial charge in [-0.2, -0.15) is 11.3 Å². The Hall–Kier alpha value is -2.48. The Balaban J connectivity index is 2.29. The van der Waals surface area contributed by atoms with Crippen LogP contribution in [-0.4, -0.2) is 28.6 Å². The number of thiophene rings is 1. The van der Waals surface area contributed by atoms with Gasteiger partial charge in [0.15, 0.2) is 0 Å². The first kappa shape index (κ1) is 14.9. The maximum atomic E-state index is 12.1. The molecule has 0 radical (unpaired) electrons. The van der Waals surface area contributed by atoms with Crippen molar-refractivity contribution < 1.29 is 19.1 Å². The van der Waals surface area contributed by atoms with E-state index in [-0.39, 0.29) is 5.56 Å². The van der Waals surface area contributed by atoms with E-state index in [1.54, 1.807) is 16.8 Å². The van der Waals surface area contributed by atoms with Gasteiger partial charge in [0.05, 0.1) is 13.4 Å². The number of aryl methyl sites for hydroxylation is 1. The number of ether oxygens (including phenoxy) is 2. The summed E-state index contributed by atoms with van der Waals surface area (Å²) in [6, 6.07) is 1.64. The average Bonchev–Trinajstić information content (AvgIpc) is 3.00. The molecule has 0 N–H and O–H groups in total. The molecule has 110 valence electrons. The van der Waals surface area contributed by atoms with Gasteiger partial charge in [0.25, 0.3) is 5.56 Å². The largest absolute Gasteiger partial charge is 0.466 e. The third-order valence-electron chi connectivity index (χ3n) is 2.70. The number of hydrogen-bond acceptors (Lipinski definition) is 7. The first-order valence-electron chi connectivity index (χ1n) is 5.86. The molecule has 0 aromatic carbocycles. The quantitative estimate of drug-likeness (QED) is 0.780. The Morgan fingerprint density at radius 2 is 2.19 bits per heavy atom. The fourth-order valence-corrected chi connectivity index (χ4v) is 2.27. The first-order chi connectivity index (χ1) is 10.0.